The van der Waals surface area contributed by atoms with Crippen molar-refractivity contribution >= 4 is 0 Å². The third-order valence-electron chi connectivity index (χ3n) is 2.07. The number of ether oxygens (including phenoxy) is 2. The number of rotatable bonds is 5. The molecule has 0 radical (unpaired) electrons. The summed E-state index contributed by atoms with van der Waals surface area (Å²) < 4.78 is 17.3. The lowest BCUT2D eigenvalue weighted by Gasteiger charge is -2.24. The Kier molecular flexibility index (Phi) is 4.11. The van der Waals surface area contributed by atoms with E-state index < -0.39 is 18.5 Å². The van der Waals surface area contributed by atoms with Gasteiger partial charge in [0.2, 0.25) is 0 Å². The Labute approximate surface area is 90.5 Å². The van der Waals surface area contributed by atoms with Gasteiger partial charge in [-0.1, -0.05) is 30.3 Å². The SMILES string of the molecule is [2H][C@@](O)(C(OC)OC)[C@@H](O)c1ccccc1. The summed E-state index contributed by atoms with van der Waals surface area (Å²) in [5.41, 5.74) is 0.430. The van der Waals surface area contributed by atoms with E-state index in [1.807, 2.05) is 0 Å². The van der Waals surface area contributed by atoms with Gasteiger partial charge in [0.05, 0.1) is 1.37 Å². The van der Waals surface area contributed by atoms with Crippen molar-refractivity contribution in [2.24, 2.45) is 0 Å². The molecule has 0 aliphatic heterocycles. The molecule has 1 aromatic rings. The van der Waals surface area contributed by atoms with Gasteiger partial charge in [-0.15, -0.1) is 0 Å². The van der Waals surface area contributed by atoms with Crippen LogP contribution in [-0.4, -0.2) is 36.8 Å². The highest BCUT2D eigenvalue weighted by Gasteiger charge is 2.27. The summed E-state index contributed by atoms with van der Waals surface area (Å²) in [5.74, 6) is 0. The highest BCUT2D eigenvalue weighted by molar-refractivity contribution is 5.18. The molecule has 0 amide bonds. The first-order valence-corrected chi connectivity index (χ1v) is 4.55. The molecule has 0 aliphatic carbocycles. The van der Waals surface area contributed by atoms with E-state index in [0.29, 0.717) is 5.56 Å². The predicted octanol–water partition coefficient (Wildman–Crippen LogP) is 0.700. The molecule has 0 saturated heterocycles. The molecule has 84 valence electrons. The highest BCUT2D eigenvalue weighted by atomic mass is 16.7. The van der Waals surface area contributed by atoms with Crippen molar-refractivity contribution in [1.29, 1.82) is 0 Å². The number of hydrogen-bond donors (Lipinski definition) is 2. The number of methoxy groups -OCH3 is 2. The lowest BCUT2D eigenvalue weighted by atomic mass is 10.0. The standard InChI is InChI=1S/C11H16O4/c1-14-11(15-2)10(13)9(12)8-6-4-3-5-7-8/h3-7,9-13H,1-2H3/t9-,10-/m0/s1/i10D. The Bertz CT molecular complexity index is 311. The van der Waals surface area contributed by atoms with E-state index >= 15 is 0 Å². The summed E-state index contributed by atoms with van der Waals surface area (Å²) in [4.78, 5) is 0. The Hall–Kier alpha value is -0.940. The normalized spacial score (nSPS) is 18.3. The quantitative estimate of drug-likeness (QED) is 0.707. The van der Waals surface area contributed by atoms with Crippen LogP contribution in [0.2, 0.25) is 0 Å². The molecule has 0 saturated carbocycles. The fourth-order valence-electron chi connectivity index (χ4n) is 1.27. The molecule has 1 aromatic carbocycles. The fraction of sp³-hybridized carbons (Fsp3) is 0.455. The van der Waals surface area contributed by atoms with Gasteiger partial charge in [0, 0.05) is 14.2 Å². The van der Waals surface area contributed by atoms with Gasteiger partial charge in [-0.05, 0) is 5.56 Å². The van der Waals surface area contributed by atoms with E-state index in [-0.39, 0.29) is 0 Å². The van der Waals surface area contributed by atoms with Crippen molar-refractivity contribution in [2.75, 3.05) is 14.2 Å². The summed E-state index contributed by atoms with van der Waals surface area (Å²) in [5, 5.41) is 19.7. The fourth-order valence-corrected chi connectivity index (χ4v) is 1.27. The number of benzene rings is 1. The van der Waals surface area contributed by atoms with Crippen LogP contribution in [0, 0.1) is 0 Å². The Morgan fingerprint density at radius 3 is 2.13 bits per heavy atom. The molecule has 2 atom stereocenters. The summed E-state index contributed by atoms with van der Waals surface area (Å²) in [6.07, 6.45) is -4.88. The first-order chi connectivity index (χ1) is 7.54. The molecule has 0 heterocycles. The van der Waals surface area contributed by atoms with Crippen molar-refractivity contribution in [3.8, 4) is 0 Å². The maximum atomic E-state index is 9.88. The van der Waals surface area contributed by atoms with Crippen LogP contribution in [0.15, 0.2) is 30.3 Å². The smallest absolute Gasteiger partial charge is 0.185 e. The first-order valence-electron chi connectivity index (χ1n) is 5.05. The highest BCUT2D eigenvalue weighted by Crippen LogP contribution is 2.19. The van der Waals surface area contributed by atoms with E-state index in [1.165, 1.54) is 14.2 Å². The zero-order valence-electron chi connectivity index (χ0n) is 9.75. The number of aliphatic hydroxyl groups excluding tert-OH is 1. The zero-order chi connectivity index (χ0) is 12.2. The third kappa shape index (κ3) is 3.00. The second-order valence-corrected chi connectivity index (χ2v) is 3.04. The third-order valence-corrected chi connectivity index (χ3v) is 2.07. The maximum Gasteiger partial charge on any atom is 0.185 e. The van der Waals surface area contributed by atoms with E-state index in [4.69, 9.17) is 10.8 Å². The molecule has 0 aromatic heterocycles. The van der Waals surface area contributed by atoms with Crippen LogP contribution in [0.3, 0.4) is 0 Å². The second-order valence-electron chi connectivity index (χ2n) is 3.04. The molecule has 0 unspecified atom stereocenters. The molecule has 0 aliphatic rings. The van der Waals surface area contributed by atoms with Crippen LogP contribution in [0.1, 0.15) is 13.0 Å². The van der Waals surface area contributed by atoms with Crippen molar-refractivity contribution in [3.63, 3.8) is 0 Å². The van der Waals surface area contributed by atoms with Gasteiger partial charge in [-0.2, -0.15) is 0 Å². The average Bonchev–Trinajstić information content (AvgIpc) is 2.30. The molecule has 0 fully saturated rings. The van der Waals surface area contributed by atoms with Crippen molar-refractivity contribution in [2.45, 2.75) is 18.5 Å². The molecular formula is C11H16O4. The van der Waals surface area contributed by atoms with Crippen molar-refractivity contribution in [1.82, 2.24) is 0 Å². The molecular weight excluding hydrogens is 196 g/mol. The summed E-state index contributed by atoms with van der Waals surface area (Å²) >= 11 is 0. The minimum Gasteiger partial charge on any atom is -0.385 e. The van der Waals surface area contributed by atoms with E-state index in [1.54, 1.807) is 30.3 Å². The van der Waals surface area contributed by atoms with Crippen molar-refractivity contribution < 1.29 is 21.1 Å². The second kappa shape index (κ2) is 5.82. The minimum atomic E-state index is -2.26. The van der Waals surface area contributed by atoms with Gasteiger partial charge >= 0.3 is 0 Å². The summed E-state index contributed by atoms with van der Waals surface area (Å²) in [6, 6.07) is 8.44. The molecule has 4 nitrogen and oxygen atoms in total. The van der Waals surface area contributed by atoms with Gasteiger partial charge in [-0.3, -0.25) is 0 Å². The summed E-state index contributed by atoms with van der Waals surface area (Å²) in [7, 11) is 2.59. The van der Waals surface area contributed by atoms with E-state index in [0.717, 1.165) is 0 Å². The topological polar surface area (TPSA) is 58.9 Å². The van der Waals surface area contributed by atoms with Gasteiger partial charge in [-0.25, -0.2) is 0 Å². The van der Waals surface area contributed by atoms with Gasteiger partial charge in [0.15, 0.2) is 6.29 Å². The molecule has 0 spiro atoms. The van der Waals surface area contributed by atoms with Crippen LogP contribution in [0.25, 0.3) is 0 Å². The largest absolute Gasteiger partial charge is 0.385 e. The van der Waals surface area contributed by atoms with Crippen LogP contribution in [-0.2, 0) is 9.47 Å². The Balaban J connectivity index is 2.91. The predicted molar refractivity (Wildman–Crippen MR) is 55.2 cm³/mol. The van der Waals surface area contributed by atoms with E-state index in [9.17, 15) is 10.2 Å². The van der Waals surface area contributed by atoms with Crippen LogP contribution in [0.4, 0.5) is 0 Å². The molecule has 0 bridgehead atoms. The first kappa shape index (κ1) is 10.6. The Morgan fingerprint density at radius 2 is 1.67 bits per heavy atom. The Morgan fingerprint density at radius 1 is 1.13 bits per heavy atom. The minimum absolute atomic E-state index is 0.430. The zero-order valence-corrected chi connectivity index (χ0v) is 8.75. The molecule has 15 heavy (non-hydrogen) atoms. The summed E-state index contributed by atoms with van der Waals surface area (Å²) in [6.45, 7) is 0. The molecule has 1 rings (SSSR count). The number of hydrogen-bond acceptors (Lipinski definition) is 4. The van der Waals surface area contributed by atoms with Gasteiger partial charge in [0.25, 0.3) is 0 Å². The average molecular weight is 213 g/mol. The van der Waals surface area contributed by atoms with Gasteiger partial charge < -0.3 is 19.7 Å². The van der Waals surface area contributed by atoms with Crippen molar-refractivity contribution in [3.05, 3.63) is 35.9 Å². The van der Waals surface area contributed by atoms with Crippen LogP contribution in [0.5, 0.6) is 0 Å². The molecule has 2 N–H and O–H groups in total. The lowest BCUT2D eigenvalue weighted by Crippen LogP contribution is -2.35. The number of aliphatic hydroxyl groups is 2. The maximum absolute atomic E-state index is 9.88. The van der Waals surface area contributed by atoms with E-state index in [2.05, 4.69) is 0 Å². The lowest BCUT2D eigenvalue weighted by molar-refractivity contribution is -0.191. The molecule has 4 heteroatoms. The van der Waals surface area contributed by atoms with Crippen LogP contribution < -0.4 is 0 Å². The monoisotopic (exact) mass is 213 g/mol. The van der Waals surface area contributed by atoms with Gasteiger partial charge in [0.1, 0.15) is 12.2 Å². The van der Waals surface area contributed by atoms with Crippen LogP contribution >= 0.6 is 0 Å².